The van der Waals surface area contributed by atoms with Crippen molar-refractivity contribution >= 4 is 5.69 Å². The fraction of sp³-hybridized carbons (Fsp3) is 0.538. The molecule has 0 saturated heterocycles. The topological polar surface area (TPSA) is 33.7 Å². The molecule has 1 aromatic rings. The number of rotatable bonds is 6. The van der Waals surface area contributed by atoms with Crippen LogP contribution in [0, 0.1) is 6.92 Å². The van der Waals surface area contributed by atoms with Gasteiger partial charge < -0.3 is 19.7 Å². The van der Waals surface area contributed by atoms with Gasteiger partial charge >= 0.3 is 0 Å². The molecule has 1 aromatic carbocycles. The molecule has 4 heteroatoms. The highest BCUT2D eigenvalue weighted by Gasteiger charge is 2.10. The van der Waals surface area contributed by atoms with Crippen LogP contribution in [0.2, 0.25) is 0 Å². The molecule has 0 radical (unpaired) electrons. The zero-order chi connectivity index (χ0) is 12.8. The molecule has 0 aliphatic heterocycles. The van der Waals surface area contributed by atoms with Crippen LogP contribution in [0.25, 0.3) is 0 Å². The molecule has 0 bridgehead atoms. The maximum Gasteiger partial charge on any atom is 0.148 e. The summed E-state index contributed by atoms with van der Waals surface area (Å²) < 4.78 is 10.7. The third kappa shape index (κ3) is 3.53. The van der Waals surface area contributed by atoms with Crippen molar-refractivity contribution < 1.29 is 9.47 Å². The van der Waals surface area contributed by atoms with E-state index in [9.17, 15) is 0 Å². The van der Waals surface area contributed by atoms with Gasteiger partial charge in [-0.3, -0.25) is 0 Å². The molecule has 0 aliphatic rings. The molecular formula is C13H22N2O2. The van der Waals surface area contributed by atoms with Crippen LogP contribution < -0.4 is 14.8 Å². The fourth-order valence-electron chi connectivity index (χ4n) is 1.71. The molecule has 17 heavy (non-hydrogen) atoms. The number of nitrogens with one attached hydrogen (secondary N) is 1. The largest absolute Gasteiger partial charge is 0.496 e. The van der Waals surface area contributed by atoms with Gasteiger partial charge in [-0.1, -0.05) is 0 Å². The van der Waals surface area contributed by atoms with E-state index in [1.807, 2.05) is 19.1 Å². The van der Waals surface area contributed by atoms with Crippen LogP contribution in [-0.2, 0) is 0 Å². The molecule has 96 valence electrons. The highest BCUT2D eigenvalue weighted by atomic mass is 16.5. The summed E-state index contributed by atoms with van der Waals surface area (Å²) >= 11 is 0. The molecule has 0 unspecified atom stereocenters. The molecule has 0 aliphatic carbocycles. The minimum atomic E-state index is 0.847. The molecule has 0 aromatic heterocycles. The van der Waals surface area contributed by atoms with Crippen LogP contribution in [-0.4, -0.2) is 46.3 Å². The van der Waals surface area contributed by atoms with Crippen molar-refractivity contribution in [1.82, 2.24) is 4.90 Å². The smallest absolute Gasteiger partial charge is 0.148 e. The number of anilines is 1. The first-order valence-electron chi connectivity index (χ1n) is 5.70. The Morgan fingerprint density at radius 1 is 1.18 bits per heavy atom. The first-order valence-corrected chi connectivity index (χ1v) is 5.70. The Hall–Kier alpha value is -1.42. The first kappa shape index (κ1) is 13.6. The zero-order valence-corrected chi connectivity index (χ0v) is 11.3. The van der Waals surface area contributed by atoms with Crippen molar-refractivity contribution in [2.75, 3.05) is 46.7 Å². The molecule has 0 spiro atoms. The lowest BCUT2D eigenvalue weighted by molar-refractivity contribution is 0.389. The van der Waals surface area contributed by atoms with Crippen molar-refractivity contribution in [2.45, 2.75) is 6.92 Å². The van der Waals surface area contributed by atoms with Gasteiger partial charge in [-0.25, -0.2) is 0 Å². The van der Waals surface area contributed by atoms with Gasteiger partial charge in [0.05, 0.1) is 19.9 Å². The highest BCUT2D eigenvalue weighted by Crippen LogP contribution is 2.34. The van der Waals surface area contributed by atoms with E-state index in [2.05, 4.69) is 24.3 Å². The number of hydrogen-bond donors (Lipinski definition) is 1. The number of methoxy groups -OCH3 is 2. The van der Waals surface area contributed by atoms with Gasteiger partial charge in [-0.15, -0.1) is 0 Å². The molecule has 0 fully saturated rings. The summed E-state index contributed by atoms with van der Waals surface area (Å²) in [6.07, 6.45) is 0. The Bertz CT molecular complexity index is 365. The van der Waals surface area contributed by atoms with E-state index in [4.69, 9.17) is 9.47 Å². The van der Waals surface area contributed by atoms with Crippen molar-refractivity contribution in [3.63, 3.8) is 0 Å². The van der Waals surface area contributed by atoms with Crippen LogP contribution in [0.5, 0.6) is 11.5 Å². The van der Waals surface area contributed by atoms with Crippen molar-refractivity contribution in [2.24, 2.45) is 0 Å². The van der Waals surface area contributed by atoms with Gasteiger partial charge in [0.25, 0.3) is 0 Å². The van der Waals surface area contributed by atoms with Gasteiger partial charge in [0, 0.05) is 18.7 Å². The van der Waals surface area contributed by atoms with Crippen LogP contribution >= 0.6 is 0 Å². The molecule has 0 heterocycles. The Kier molecular flexibility index (Phi) is 5.10. The standard InChI is InChI=1S/C13H22N2O2/c1-10-12(16-4)7-6-11(13(10)17-5)14-8-9-15(2)3/h6-7,14H,8-9H2,1-5H3. The van der Waals surface area contributed by atoms with E-state index in [0.717, 1.165) is 35.8 Å². The molecule has 1 N–H and O–H groups in total. The van der Waals surface area contributed by atoms with E-state index in [1.54, 1.807) is 14.2 Å². The lowest BCUT2D eigenvalue weighted by atomic mass is 10.1. The molecule has 0 saturated carbocycles. The SMILES string of the molecule is COc1ccc(NCCN(C)C)c(OC)c1C. The highest BCUT2D eigenvalue weighted by molar-refractivity contribution is 5.63. The summed E-state index contributed by atoms with van der Waals surface area (Å²) in [5, 5.41) is 3.37. The third-order valence-electron chi connectivity index (χ3n) is 2.65. The average molecular weight is 238 g/mol. The second kappa shape index (κ2) is 6.35. The van der Waals surface area contributed by atoms with E-state index in [1.165, 1.54) is 0 Å². The summed E-state index contributed by atoms with van der Waals surface area (Å²) in [6.45, 7) is 3.86. The van der Waals surface area contributed by atoms with Crippen LogP contribution in [0.1, 0.15) is 5.56 Å². The Morgan fingerprint density at radius 3 is 2.41 bits per heavy atom. The second-order valence-corrected chi connectivity index (χ2v) is 4.20. The van der Waals surface area contributed by atoms with Crippen molar-refractivity contribution in [3.8, 4) is 11.5 Å². The minimum Gasteiger partial charge on any atom is -0.496 e. The van der Waals surface area contributed by atoms with Gasteiger partial charge in [0.15, 0.2) is 0 Å². The first-order chi connectivity index (χ1) is 8.10. The average Bonchev–Trinajstić information content (AvgIpc) is 2.29. The number of nitrogens with zero attached hydrogens (tertiary/aromatic N) is 1. The predicted molar refractivity (Wildman–Crippen MR) is 71.3 cm³/mol. The Morgan fingerprint density at radius 2 is 1.88 bits per heavy atom. The lowest BCUT2D eigenvalue weighted by Crippen LogP contribution is -2.21. The fourth-order valence-corrected chi connectivity index (χ4v) is 1.71. The maximum atomic E-state index is 5.42. The lowest BCUT2D eigenvalue weighted by Gasteiger charge is -2.17. The molecule has 0 amide bonds. The van der Waals surface area contributed by atoms with E-state index >= 15 is 0 Å². The summed E-state index contributed by atoms with van der Waals surface area (Å²) in [5.41, 5.74) is 2.03. The summed E-state index contributed by atoms with van der Waals surface area (Å²) in [7, 11) is 7.45. The monoisotopic (exact) mass is 238 g/mol. The summed E-state index contributed by atoms with van der Waals surface area (Å²) in [5.74, 6) is 1.70. The summed E-state index contributed by atoms with van der Waals surface area (Å²) in [4.78, 5) is 2.13. The van der Waals surface area contributed by atoms with Crippen molar-refractivity contribution in [3.05, 3.63) is 17.7 Å². The van der Waals surface area contributed by atoms with E-state index in [0.29, 0.717) is 0 Å². The Labute approximate surface area is 104 Å². The minimum absolute atomic E-state index is 0.847. The predicted octanol–water partition coefficient (Wildman–Crippen LogP) is 1.99. The number of hydrogen-bond acceptors (Lipinski definition) is 4. The van der Waals surface area contributed by atoms with Crippen molar-refractivity contribution in [1.29, 1.82) is 0 Å². The van der Waals surface area contributed by atoms with Crippen LogP contribution in [0.3, 0.4) is 0 Å². The molecular weight excluding hydrogens is 216 g/mol. The maximum absolute atomic E-state index is 5.42. The van der Waals surface area contributed by atoms with Crippen LogP contribution in [0.4, 0.5) is 5.69 Å². The van der Waals surface area contributed by atoms with E-state index in [-0.39, 0.29) is 0 Å². The quantitative estimate of drug-likeness (QED) is 0.821. The third-order valence-corrected chi connectivity index (χ3v) is 2.65. The van der Waals surface area contributed by atoms with Gasteiger partial charge in [0.1, 0.15) is 11.5 Å². The summed E-state index contributed by atoms with van der Waals surface area (Å²) in [6, 6.07) is 3.94. The molecule has 0 atom stereocenters. The van der Waals surface area contributed by atoms with Gasteiger partial charge in [-0.2, -0.15) is 0 Å². The van der Waals surface area contributed by atoms with Gasteiger partial charge in [0.2, 0.25) is 0 Å². The second-order valence-electron chi connectivity index (χ2n) is 4.20. The Balaban J connectivity index is 2.81. The normalized spacial score (nSPS) is 10.5. The molecule has 1 rings (SSSR count). The van der Waals surface area contributed by atoms with Gasteiger partial charge in [-0.05, 0) is 33.2 Å². The van der Waals surface area contributed by atoms with Crippen LogP contribution in [0.15, 0.2) is 12.1 Å². The number of likely N-dealkylation sites (N-methyl/N-ethyl adjacent to an activating group) is 1. The number of ether oxygens (including phenoxy) is 2. The molecule has 4 nitrogen and oxygen atoms in total. The zero-order valence-electron chi connectivity index (χ0n) is 11.3. The number of benzene rings is 1. The van der Waals surface area contributed by atoms with E-state index < -0.39 is 0 Å².